The molecule has 448 valence electrons. The molecule has 2 aromatic carbocycles. The van der Waals surface area contributed by atoms with Crippen LogP contribution in [0.4, 0.5) is 40.8 Å². The lowest BCUT2D eigenvalue weighted by Crippen LogP contribution is -2.45. The maximum Gasteiger partial charge on any atom is 0.411 e. The van der Waals surface area contributed by atoms with Crippen LogP contribution in [0.5, 0.6) is 0 Å². The van der Waals surface area contributed by atoms with Crippen molar-refractivity contribution in [3.63, 3.8) is 0 Å². The second-order valence-corrected chi connectivity index (χ2v) is 27.5. The molecule has 0 spiro atoms. The van der Waals surface area contributed by atoms with E-state index in [1.165, 1.54) is 34.8 Å². The Morgan fingerprint density at radius 3 is 1.27 bits per heavy atom. The Morgan fingerprint density at radius 2 is 0.950 bits per heavy atom. The van der Waals surface area contributed by atoms with Gasteiger partial charge in [-0.2, -0.15) is 0 Å². The molecule has 0 aliphatic carbocycles. The van der Waals surface area contributed by atoms with Crippen LogP contribution in [-0.2, 0) is 39.0 Å². The van der Waals surface area contributed by atoms with Crippen LogP contribution < -0.4 is 40.9 Å². The lowest BCUT2D eigenvalue weighted by Gasteiger charge is -2.32. The molecule has 6 rings (SSSR count). The molecule has 4 aromatic rings. The molecule has 4 heterocycles. The number of rotatable bonds is 15. The number of carbonyl (C=O) groups excluding carboxylic acids is 4. The Balaban J connectivity index is 0.000000375. The van der Waals surface area contributed by atoms with Crippen LogP contribution >= 0.6 is 34.3 Å². The Bertz CT molecular complexity index is 2910. The first-order chi connectivity index (χ1) is 36.6. The van der Waals surface area contributed by atoms with Crippen LogP contribution in [0.2, 0.25) is 0 Å². The molecule has 80 heavy (non-hydrogen) atoms. The van der Waals surface area contributed by atoms with E-state index in [-0.39, 0.29) is 53.7 Å². The lowest BCUT2D eigenvalue weighted by atomic mass is 10.1. The number of alkyl carbamates (subject to hydrolysis) is 1. The van der Waals surface area contributed by atoms with Crippen molar-refractivity contribution in [3.8, 4) is 20.9 Å². The van der Waals surface area contributed by atoms with Crippen molar-refractivity contribution in [1.29, 1.82) is 0 Å². The second-order valence-electron chi connectivity index (χ2n) is 21.9. The number of hydrogen-bond donors (Lipinski definition) is 6. The number of sulfonamides is 2. The van der Waals surface area contributed by atoms with E-state index in [1.807, 2.05) is 13.8 Å². The van der Waals surface area contributed by atoms with Gasteiger partial charge in [0.15, 0.2) is 10.3 Å². The first kappa shape index (κ1) is 68.9. The number of nitrogens with two attached hydrogens (primary N) is 1. The number of benzene rings is 2. The van der Waals surface area contributed by atoms with Gasteiger partial charge < -0.3 is 39.8 Å². The normalized spacial score (nSPS) is 14.6. The maximum atomic E-state index is 13.4. The number of thiazole rings is 2. The molecule has 22 nitrogen and oxygen atoms in total. The summed E-state index contributed by atoms with van der Waals surface area (Å²) in [5, 5.41) is 9.72. The van der Waals surface area contributed by atoms with Gasteiger partial charge in [0.05, 0.1) is 44.0 Å². The zero-order chi connectivity index (χ0) is 59.2. The summed E-state index contributed by atoms with van der Waals surface area (Å²) in [5.41, 5.74) is 5.50. The number of piperidine rings is 2. The number of nitrogens with one attached hydrogen (secondary N) is 5. The molecule has 2 aromatic heterocycles. The van der Waals surface area contributed by atoms with Gasteiger partial charge in [-0.25, -0.2) is 55.4 Å². The Kier molecular flexibility index (Phi) is 25.9. The molecule has 2 aliphatic rings. The van der Waals surface area contributed by atoms with E-state index in [0.717, 1.165) is 53.9 Å². The van der Waals surface area contributed by atoms with Gasteiger partial charge in [0.25, 0.3) is 0 Å². The van der Waals surface area contributed by atoms with Crippen molar-refractivity contribution in [1.82, 2.24) is 24.7 Å². The highest BCUT2D eigenvalue weighted by Gasteiger charge is 2.30. The van der Waals surface area contributed by atoms with Crippen molar-refractivity contribution >= 4 is 99.7 Å². The maximum absolute atomic E-state index is 13.4. The number of nitrogens with zero attached hydrogens (tertiary/aromatic N) is 4. The third-order valence-electron chi connectivity index (χ3n) is 10.7. The van der Waals surface area contributed by atoms with Crippen molar-refractivity contribution in [2.45, 2.75) is 187 Å². The fraction of sp³-hybridized carbons (Fsp3) is 0.585. The molecule has 2 aliphatic heterocycles. The van der Waals surface area contributed by atoms with Gasteiger partial charge in [-0.1, -0.05) is 42.2 Å². The third kappa shape index (κ3) is 23.3. The minimum absolute atomic E-state index is 0. The number of anilines is 4. The van der Waals surface area contributed by atoms with Gasteiger partial charge in [-0.15, -0.1) is 0 Å². The predicted molar refractivity (Wildman–Crippen MR) is 319 cm³/mol. The van der Waals surface area contributed by atoms with E-state index in [4.69, 9.17) is 31.5 Å². The fourth-order valence-corrected chi connectivity index (χ4v) is 13.3. The van der Waals surface area contributed by atoms with Crippen LogP contribution in [0, 0.1) is 0 Å². The highest BCUT2D eigenvalue weighted by atomic mass is 35.5. The molecule has 2 fully saturated rings. The molecule has 3 amide bonds. The average Bonchev–Trinajstić information content (AvgIpc) is 3.99. The van der Waals surface area contributed by atoms with Crippen LogP contribution in [-0.4, -0.2) is 124 Å². The van der Waals surface area contributed by atoms with Crippen LogP contribution in [0.15, 0.2) is 58.6 Å². The van der Waals surface area contributed by atoms with Gasteiger partial charge in [0, 0.05) is 95.8 Å². The molecule has 0 atom stereocenters. The summed E-state index contributed by atoms with van der Waals surface area (Å²) in [5.74, 6) is 0. The molecular formula is C53H83ClN10O12S4. The van der Waals surface area contributed by atoms with Crippen LogP contribution in [0.3, 0.4) is 0 Å². The number of halogens is 1. The number of ether oxygens (including phenoxy) is 4. The summed E-state index contributed by atoms with van der Waals surface area (Å²) in [7, 11) is -7.84. The number of aromatic nitrogens is 2. The topological polar surface area (TPSA) is 292 Å². The first-order valence-electron chi connectivity index (χ1n) is 25.9. The number of carbonyl (C=O) groups is 4. The molecule has 7 N–H and O–H groups in total. The minimum atomic E-state index is -3.95. The number of hydrogen-bond acceptors (Lipinski definition) is 19. The van der Waals surface area contributed by atoms with Crippen LogP contribution in [0.1, 0.15) is 130 Å². The standard InChI is InChI=1S/C26H39N5O6S2.C22H33N5O4S2.C4H7ClO2.CH4/c1-16(2)36-24(32)28-18-10-12-31(13-11-18)23-27-15-21(38-23)20-9-8-19(29-25(33)37-17(3)4)14-22(20)39(34,35)30-26(5,6)7;1-14(2)31-21(28)25-16-6-7-17(19(12-16)33(29,30)26-22(3,4)5)18-13-24-20(32-18)27-10-8-15(23)9-11-27;1-3(2)7-4(5)6;/h8-9,14-18,30H,10-13H2,1-7H3,(H,28,32)(H,29,33);6-7,12-15,26H,8-11,23H2,1-5H3,(H,25,28);3H,1-2H3;1H4. The van der Waals surface area contributed by atoms with Crippen molar-refractivity contribution in [3.05, 3.63) is 48.8 Å². The van der Waals surface area contributed by atoms with E-state index in [1.54, 1.807) is 120 Å². The third-order valence-corrected chi connectivity index (χ3v) is 16.6. The highest BCUT2D eigenvalue weighted by Crippen LogP contribution is 2.39. The van der Waals surface area contributed by atoms with E-state index in [0.29, 0.717) is 40.5 Å². The smallest absolute Gasteiger partial charge is 0.411 e. The molecule has 0 saturated carbocycles. The van der Waals surface area contributed by atoms with Gasteiger partial charge in [-0.05, 0) is 147 Å². The summed E-state index contributed by atoms with van der Waals surface area (Å²) < 4.78 is 78.7. The zero-order valence-electron chi connectivity index (χ0n) is 47.5. The highest BCUT2D eigenvalue weighted by molar-refractivity contribution is 7.90. The largest absolute Gasteiger partial charge is 0.451 e. The molecule has 27 heteroatoms. The van der Waals surface area contributed by atoms with Gasteiger partial charge in [-0.3, -0.25) is 10.6 Å². The van der Waals surface area contributed by atoms with Crippen LogP contribution in [0.25, 0.3) is 20.9 Å². The SMILES string of the molecule is C.CC(C)OC(=O)Cl.CC(C)OC(=O)Nc1ccc(-c2cnc(N3CCC(N)CC3)s2)c(S(=O)(=O)NC(C)(C)C)c1.CC(C)OC(=O)Nc1ccc(-c2cnc(N3CCC(NC(=O)OC(C)C)CC3)s2)c(S(=O)(=O)NC(C)(C)C)c1. The second kappa shape index (κ2) is 30.1. The molecule has 0 radical (unpaired) electrons. The molecule has 0 bridgehead atoms. The van der Waals surface area contributed by atoms with Gasteiger partial charge in [0.2, 0.25) is 20.0 Å². The van der Waals surface area contributed by atoms with Gasteiger partial charge in [0.1, 0.15) is 0 Å². The predicted octanol–water partition coefficient (Wildman–Crippen LogP) is 11.1. The Labute approximate surface area is 486 Å². The van der Waals surface area contributed by atoms with Crippen molar-refractivity contribution in [2.75, 3.05) is 46.6 Å². The van der Waals surface area contributed by atoms with E-state index in [2.05, 4.69) is 49.9 Å². The van der Waals surface area contributed by atoms with E-state index < -0.39 is 54.8 Å². The minimum Gasteiger partial charge on any atom is -0.451 e. The summed E-state index contributed by atoms with van der Waals surface area (Å²) in [6.45, 7) is 27.7. The summed E-state index contributed by atoms with van der Waals surface area (Å²) in [4.78, 5) is 60.8. The van der Waals surface area contributed by atoms with Gasteiger partial charge >= 0.3 is 23.7 Å². The zero-order valence-corrected chi connectivity index (χ0v) is 51.5. The molecular weight excluding hydrogens is 1130 g/mol. The Hall–Kier alpha value is -5.35. The fourth-order valence-electron chi connectivity index (χ4n) is 7.67. The molecule has 0 unspecified atom stereocenters. The number of amides is 3. The van der Waals surface area contributed by atoms with E-state index in [9.17, 15) is 36.0 Å². The monoisotopic (exact) mass is 1210 g/mol. The quantitative estimate of drug-likeness (QED) is 0.0476. The van der Waals surface area contributed by atoms with Crippen molar-refractivity contribution < 1.29 is 55.0 Å². The summed E-state index contributed by atoms with van der Waals surface area (Å²) in [6.07, 6.45) is 4.02. The average molecular weight is 1220 g/mol. The molecule has 2 saturated heterocycles. The lowest BCUT2D eigenvalue weighted by molar-refractivity contribution is 0.110. The summed E-state index contributed by atoms with van der Waals surface area (Å²) in [6, 6.07) is 9.76. The van der Waals surface area contributed by atoms with Crippen molar-refractivity contribution in [2.24, 2.45) is 5.73 Å². The Morgan fingerprint density at radius 1 is 0.600 bits per heavy atom. The first-order valence-corrected chi connectivity index (χ1v) is 30.9. The van der Waals surface area contributed by atoms with E-state index >= 15 is 0 Å². The summed E-state index contributed by atoms with van der Waals surface area (Å²) >= 11 is 7.64.